The number of amides is 2. The highest BCUT2D eigenvalue weighted by Gasteiger charge is 2.22. The number of Topliss-reactive ketones (excluding diaryl/α,β-unsaturated/α-hetero) is 1. The average Bonchev–Trinajstić information content (AvgIpc) is 2.25. The molecule has 0 radical (unpaired) electrons. The first-order chi connectivity index (χ1) is 8.28. The van der Waals surface area contributed by atoms with Crippen LogP contribution in [0.15, 0.2) is 0 Å². The monoisotopic (exact) mass is 255 g/mol. The standard InChI is InChI=1S/C13H25N3O2/c1-11(17)9-15-5-7-16(8-6-15)12(18)14-10-13(2,3)4/h5-10H2,1-4H3,(H,14,18). The zero-order valence-electron chi connectivity index (χ0n) is 12.0. The molecule has 5 heteroatoms. The van der Waals surface area contributed by atoms with Gasteiger partial charge in [0.05, 0.1) is 6.54 Å². The summed E-state index contributed by atoms with van der Waals surface area (Å²) in [7, 11) is 0. The molecule has 0 saturated carbocycles. The normalized spacial score (nSPS) is 17.7. The van der Waals surface area contributed by atoms with Crippen LogP contribution < -0.4 is 5.32 Å². The Kier molecular flexibility index (Phi) is 5.14. The van der Waals surface area contributed by atoms with E-state index in [0.29, 0.717) is 26.2 Å². The second-order valence-corrected chi connectivity index (χ2v) is 6.18. The quantitative estimate of drug-likeness (QED) is 0.817. The number of ketones is 1. The van der Waals surface area contributed by atoms with Crippen molar-refractivity contribution in [1.82, 2.24) is 15.1 Å². The zero-order chi connectivity index (χ0) is 13.8. The van der Waals surface area contributed by atoms with Gasteiger partial charge in [0.2, 0.25) is 0 Å². The highest BCUT2D eigenvalue weighted by atomic mass is 16.2. The Labute approximate surface area is 110 Å². The van der Waals surface area contributed by atoms with Crippen molar-refractivity contribution in [2.24, 2.45) is 5.41 Å². The highest BCUT2D eigenvalue weighted by Crippen LogP contribution is 2.11. The fourth-order valence-electron chi connectivity index (χ4n) is 1.88. The largest absolute Gasteiger partial charge is 0.337 e. The third-order valence-corrected chi connectivity index (χ3v) is 2.88. The first-order valence-electron chi connectivity index (χ1n) is 6.52. The lowest BCUT2D eigenvalue weighted by atomic mass is 9.97. The number of urea groups is 1. The molecule has 104 valence electrons. The molecule has 0 bridgehead atoms. The molecule has 1 aliphatic heterocycles. The molecule has 1 aliphatic rings. The van der Waals surface area contributed by atoms with Gasteiger partial charge in [-0.15, -0.1) is 0 Å². The molecular weight excluding hydrogens is 230 g/mol. The predicted octanol–water partition coefficient (Wildman–Crippen LogP) is 0.949. The lowest BCUT2D eigenvalue weighted by molar-refractivity contribution is -0.118. The third kappa shape index (κ3) is 5.49. The topological polar surface area (TPSA) is 52.7 Å². The van der Waals surface area contributed by atoms with Gasteiger partial charge >= 0.3 is 6.03 Å². The van der Waals surface area contributed by atoms with Crippen molar-refractivity contribution in [1.29, 1.82) is 0 Å². The summed E-state index contributed by atoms with van der Waals surface area (Å²) in [6.07, 6.45) is 0. The maximum atomic E-state index is 11.9. The molecule has 1 rings (SSSR count). The van der Waals surface area contributed by atoms with Crippen molar-refractivity contribution in [2.75, 3.05) is 39.3 Å². The molecule has 1 saturated heterocycles. The Morgan fingerprint density at radius 3 is 2.11 bits per heavy atom. The summed E-state index contributed by atoms with van der Waals surface area (Å²) in [6, 6.07) is 0.00685. The van der Waals surface area contributed by atoms with Crippen molar-refractivity contribution >= 4 is 11.8 Å². The molecule has 18 heavy (non-hydrogen) atoms. The lowest BCUT2D eigenvalue weighted by Crippen LogP contribution is -2.53. The summed E-state index contributed by atoms with van der Waals surface area (Å²) in [5.74, 6) is 0.181. The third-order valence-electron chi connectivity index (χ3n) is 2.88. The minimum Gasteiger partial charge on any atom is -0.337 e. The Hall–Kier alpha value is -1.10. The molecule has 2 amide bonds. The minimum atomic E-state index is 0.00685. The smallest absolute Gasteiger partial charge is 0.317 e. The molecule has 5 nitrogen and oxygen atoms in total. The van der Waals surface area contributed by atoms with E-state index in [2.05, 4.69) is 31.0 Å². The van der Waals surface area contributed by atoms with Crippen LogP contribution in [0.5, 0.6) is 0 Å². The molecule has 0 aromatic heterocycles. The van der Waals surface area contributed by atoms with E-state index in [4.69, 9.17) is 0 Å². The van der Waals surface area contributed by atoms with Crippen molar-refractivity contribution < 1.29 is 9.59 Å². The van der Waals surface area contributed by atoms with Crippen molar-refractivity contribution in [2.45, 2.75) is 27.7 Å². The van der Waals surface area contributed by atoms with Crippen LogP contribution >= 0.6 is 0 Å². The van der Waals surface area contributed by atoms with Gasteiger partial charge < -0.3 is 10.2 Å². The first kappa shape index (κ1) is 15.0. The Morgan fingerprint density at radius 2 is 1.67 bits per heavy atom. The van der Waals surface area contributed by atoms with E-state index in [1.807, 2.05) is 4.90 Å². The summed E-state index contributed by atoms with van der Waals surface area (Å²) in [5.41, 5.74) is 0.103. The lowest BCUT2D eigenvalue weighted by Gasteiger charge is -2.34. The molecule has 0 aromatic rings. The highest BCUT2D eigenvalue weighted by molar-refractivity contribution is 5.77. The van der Waals surface area contributed by atoms with Crippen LogP contribution in [0.2, 0.25) is 0 Å². The van der Waals surface area contributed by atoms with Gasteiger partial charge in [-0.25, -0.2) is 4.79 Å². The van der Waals surface area contributed by atoms with Gasteiger partial charge in [-0.05, 0) is 12.3 Å². The average molecular weight is 255 g/mol. The molecule has 0 aliphatic carbocycles. The zero-order valence-corrected chi connectivity index (χ0v) is 12.0. The van der Waals surface area contributed by atoms with Crippen molar-refractivity contribution in [3.8, 4) is 0 Å². The summed E-state index contributed by atoms with van der Waals surface area (Å²) < 4.78 is 0. The van der Waals surface area contributed by atoms with Crippen LogP contribution in [0.1, 0.15) is 27.7 Å². The predicted molar refractivity (Wildman–Crippen MR) is 71.5 cm³/mol. The number of nitrogens with zero attached hydrogens (tertiary/aromatic N) is 2. The van der Waals surface area contributed by atoms with E-state index >= 15 is 0 Å². The van der Waals surface area contributed by atoms with Gasteiger partial charge in [-0.1, -0.05) is 20.8 Å². The number of hydrogen-bond acceptors (Lipinski definition) is 3. The Balaban J connectivity index is 2.29. The van der Waals surface area contributed by atoms with E-state index in [1.165, 1.54) is 0 Å². The first-order valence-corrected chi connectivity index (χ1v) is 6.52. The van der Waals surface area contributed by atoms with E-state index in [0.717, 1.165) is 13.1 Å². The number of carbonyl (C=O) groups is 2. The van der Waals surface area contributed by atoms with Crippen molar-refractivity contribution in [3.05, 3.63) is 0 Å². The second-order valence-electron chi connectivity index (χ2n) is 6.18. The van der Waals surface area contributed by atoms with Crippen LogP contribution in [0.25, 0.3) is 0 Å². The Morgan fingerprint density at radius 1 is 1.11 bits per heavy atom. The fourth-order valence-corrected chi connectivity index (χ4v) is 1.88. The van der Waals surface area contributed by atoms with Crippen LogP contribution in [-0.4, -0.2) is 60.9 Å². The molecular formula is C13H25N3O2. The van der Waals surface area contributed by atoms with Gasteiger partial charge in [0.25, 0.3) is 0 Å². The molecule has 1 N–H and O–H groups in total. The van der Waals surface area contributed by atoms with Gasteiger partial charge in [0.15, 0.2) is 0 Å². The second kappa shape index (κ2) is 6.18. The van der Waals surface area contributed by atoms with E-state index in [-0.39, 0.29) is 17.2 Å². The number of carbonyl (C=O) groups excluding carboxylic acids is 2. The van der Waals surface area contributed by atoms with Crippen molar-refractivity contribution in [3.63, 3.8) is 0 Å². The summed E-state index contributed by atoms with van der Waals surface area (Å²) in [4.78, 5) is 26.8. The van der Waals surface area contributed by atoms with Gasteiger partial charge in [-0.3, -0.25) is 9.69 Å². The van der Waals surface area contributed by atoms with E-state index in [1.54, 1.807) is 6.92 Å². The molecule has 0 atom stereocenters. The molecule has 0 spiro atoms. The molecule has 1 fully saturated rings. The van der Waals surface area contributed by atoms with Gasteiger partial charge in [-0.2, -0.15) is 0 Å². The Bertz CT molecular complexity index is 302. The SMILES string of the molecule is CC(=O)CN1CCN(C(=O)NCC(C)(C)C)CC1. The molecule has 0 unspecified atom stereocenters. The van der Waals surface area contributed by atoms with E-state index < -0.39 is 0 Å². The molecule has 0 aromatic carbocycles. The summed E-state index contributed by atoms with van der Waals surface area (Å²) >= 11 is 0. The number of nitrogens with one attached hydrogen (secondary N) is 1. The summed E-state index contributed by atoms with van der Waals surface area (Å²) in [6.45, 7) is 12.0. The van der Waals surface area contributed by atoms with Gasteiger partial charge in [0, 0.05) is 32.7 Å². The molecule has 1 heterocycles. The van der Waals surface area contributed by atoms with Gasteiger partial charge in [0.1, 0.15) is 5.78 Å². The minimum absolute atomic E-state index is 0.00685. The maximum absolute atomic E-state index is 11.9. The number of piperazine rings is 1. The number of hydrogen-bond donors (Lipinski definition) is 1. The van der Waals surface area contributed by atoms with E-state index in [9.17, 15) is 9.59 Å². The van der Waals surface area contributed by atoms with Crippen LogP contribution in [0.3, 0.4) is 0 Å². The van der Waals surface area contributed by atoms with Crippen LogP contribution in [0, 0.1) is 5.41 Å². The van der Waals surface area contributed by atoms with Crippen LogP contribution in [0.4, 0.5) is 4.79 Å². The number of rotatable bonds is 3. The maximum Gasteiger partial charge on any atom is 0.317 e. The van der Waals surface area contributed by atoms with Crippen LogP contribution in [-0.2, 0) is 4.79 Å². The fraction of sp³-hybridized carbons (Fsp3) is 0.846. The summed E-state index contributed by atoms with van der Waals surface area (Å²) in [5, 5.41) is 2.95.